The summed E-state index contributed by atoms with van der Waals surface area (Å²) in [6.07, 6.45) is 1.08. The first kappa shape index (κ1) is 22.5. The summed E-state index contributed by atoms with van der Waals surface area (Å²) in [5.74, 6) is 0.869. The van der Waals surface area contributed by atoms with Crippen LogP contribution in [-0.4, -0.2) is 40.3 Å². The Bertz CT molecular complexity index is 928. The molecule has 0 spiro atoms. The van der Waals surface area contributed by atoms with Gasteiger partial charge in [-0.25, -0.2) is 8.42 Å². The number of hydrogen-bond donors (Lipinski definition) is 1. The van der Waals surface area contributed by atoms with Crippen LogP contribution < -0.4 is 19.1 Å². The fourth-order valence-electron chi connectivity index (χ4n) is 3.10. The van der Waals surface area contributed by atoms with E-state index in [1.54, 1.807) is 38.3 Å². The molecule has 0 aliphatic carbocycles. The fraction of sp³-hybridized carbons (Fsp3) is 0.381. The van der Waals surface area contributed by atoms with Gasteiger partial charge in [-0.1, -0.05) is 18.2 Å². The highest BCUT2D eigenvalue weighted by Crippen LogP contribution is 2.26. The molecule has 2 aromatic carbocycles. The number of para-hydroxylation sites is 1. The Morgan fingerprint density at radius 3 is 2.28 bits per heavy atom. The van der Waals surface area contributed by atoms with Gasteiger partial charge in [-0.3, -0.25) is 9.10 Å². The molecule has 0 aliphatic heterocycles. The molecule has 1 amide bonds. The second-order valence-corrected chi connectivity index (χ2v) is 8.49. The van der Waals surface area contributed by atoms with E-state index < -0.39 is 22.0 Å². The van der Waals surface area contributed by atoms with Crippen molar-refractivity contribution in [2.75, 3.05) is 24.3 Å². The van der Waals surface area contributed by atoms with Gasteiger partial charge in [0.2, 0.25) is 15.9 Å². The number of ether oxygens (including phenoxy) is 2. The number of benzene rings is 2. The molecule has 0 fully saturated rings. The van der Waals surface area contributed by atoms with Gasteiger partial charge in [0.05, 0.1) is 31.7 Å². The maximum absolute atomic E-state index is 12.9. The molecular weight excluding hydrogens is 392 g/mol. The Labute approximate surface area is 172 Å². The Kier molecular flexibility index (Phi) is 7.50. The van der Waals surface area contributed by atoms with Crippen LogP contribution in [0.5, 0.6) is 11.5 Å². The molecule has 0 unspecified atom stereocenters. The minimum absolute atomic E-state index is 0.358. The molecule has 7 nitrogen and oxygen atoms in total. The van der Waals surface area contributed by atoms with Crippen molar-refractivity contribution in [3.8, 4) is 11.5 Å². The summed E-state index contributed by atoms with van der Waals surface area (Å²) >= 11 is 0. The molecular formula is C21H28N2O5S. The van der Waals surface area contributed by atoms with Gasteiger partial charge in [0.1, 0.15) is 17.5 Å². The van der Waals surface area contributed by atoms with E-state index in [0.717, 1.165) is 16.1 Å². The Morgan fingerprint density at radius 1 is 1.10 bits per heavy atom. The average Bonchev–Trinajstić information content (AvgIpc) is 2.68. The van der Waals surface area contributed by atoms with Crippen LogP contribution in [0, 0.1) is 0 Å². The van der Waals surface area contributed by atoms with E-state index in [1.165, 1.54) is 0 Å². The van der Waals surface area contributed by atoms with Crippen molar-refractivity contribution >= 4 is 21.6 Å². The molecule has 0 aliphatic rings. The largest absolute Gasteiger partial charge is 0.496 e. The average molecular weight is 421 g/mol. The van der Waals surface area contributed by atoms with Gasteiger partial charge in [0.15, 0.2) is 0 Å². The second-order valence-electron chi connectivity index (χ2n) is 6.63. The van der Waals surface area contributed by atoms with Crippen LogP contribution in [0.15, 0.2) is 48.5 Å². The zero-order valence-corrected chi connectivity index (χ0v) is 18.2. The molecule has 0 saturated heterocycles. The SMILES string of the molecule is CCOc1ccc(N([C@@H](C)C(=O)N[C@H](C)c2ccccc2OC)S(C)(=O)=O)cc1. The van der Waals surface area contributed by atoms with Crippen molar-refractivity contribution in [1.82, 2.24) is 5.32 Å². The van der Waals surface area contributed by atoms with Crippen molar-refractivity contribution in [2.45, 2.75) is 32.9 Å². The maximum atomic E-state index is 12.9. The van der Waals surface area contributed by atoms with Gasteiger partial charge in [-0.15, -0.1) is 0 Å². The van der Waals surface area contributed by atoms with E-state index in [2.05, 4.69) is 5.32 Å². The minimum atomic E-state index is -3.69. The summed E-state index contributed by atoms with van der Waals surface area (Å²) in [5.41, 5.74) is 1.20. The second kappa shape index (κ2) is 9.65. The van der Waals surface area contributed by atoms with Gasteiger partial charge in [0, 0.05) is 5.56 Å². The maximum Gasteiger partial charge on any atom is 0.244 e. The fourth-order valence-corrected chi connectivity index (χ4v) is 4.28. The van der Waals surface area contributed by atoms with E-state index in [-0.39, 0.29) is 6.04 Å². The van der Waals surface area contributed by atoms with Crippen molar-refractivity contribution in [1.29, 1.82) is 0 Å². The van der Waals surface area contributed by atoms with Crippen LogP contribution in [0.2, 0.25) is 0 Å². The summed E-state index contributed by atoms with van der Waals surface area (Å²) in [6.45, 7) is 5.76. The van der Waals surface area contributed by atoms with Gasteiger partial charge in [-0.05, 0) is 51.1 Å². The summed E-state index contributed by atoms with van der Waals surface area (Å²) in [4.78, 5) is 12.9. The molecule has 0 heterocycles. The van der Waals surface area contributed by atoms with Crippen molar-refractivity contribution in [2.24, 2.45) is 0 Å². The predicted octanol–water partition coefficient (Wildman–Crippen LogP) is 3.13. The summed E-state index contributed by atoms with van der Waals surface area (Å²) < 4.78 is 36.7. The molecule has 2 rings (SSSR count). The van der Waals surface area contributed by atoms with E-state index in [9.17, 15) is 13.2 Å². The van der Waals surface area contributed by atoms with E-state index in [4.69, 9.17) is 9.47 Å². The third-order valence-electron chi connectivity index (χ3n) is 4.45. The van der Waals surface area contributed by atoms with Gasteiger partial charge < -0.3 is 14.8 Å². The molecule has 2 atom stereocenters. The number of methoxy groups -OCH3 is 1. The number of nitrogens with one attached hydrogen (secondary N) is 1. The van der Waals surface area contributed by atoms with E-state index in [0.29, 0.717) is 23.8 Å². The standard InChI is InChI=1S/C21H28N2O5S/c1-6-28-18-13-11-17(12-14-18)23(29(5,25)26)16(3)21(24)22-15(2)19-9-7-8-10-20(19)27-4/h7-16H,6H2,1-5H3,(H,22,24)/t15-,16+/m1/s1. The van der Waals surface area contributed by atoms with Gasteiger partial charge in [-0.2, -0.15) is 0 Å². The number of amides is 1. The Hall–Kier alpha value is -2.74. The first-order chi connectivity index (χ1) is 13.7. The molecule has 1 N–H and O–H groups in total. The zero-order chi connectivity index (χ0) is 21.6. The van der Waals surface area contributed by atoms with Gasteiger partial charge in [0.25, 0.3) is 0 Å². The quantitative estimate of drug-likeness (QED) is 0.674. The van der Waals surface area contributed by atoms with Crippen LogP contribution >= 0.6 is 0 Å². The Morgan fingerprint density at radius 2 is 1.72 bits per heavy atom. The third kappa shape index (κ3) is 5.63. The summed E-state index contributed by atoms with van der Waals surface area (Å²) in [7, 11) is -2.13. The molecule has 0 aromatic heterocycles. The number of anilines is 1. The Balaban J connectivity index is 2.24. The van der Waals surface area contributed by atoms with Crippen LogP contribution in [0.3, 0.4) is 0 Å². The van der Waals surface area contributed by atoms with Crippen LogP contribution in [0.25, 0.3) is 0 Å². The third-order valence-corrected chi connectivity index (χ3v) is 5.70. The predicted molar refractivity (Wildman–Crippen MR) is 114 cm³/mol. The lowest BCUT2D eigenvalue weighted by Crippen LogP contribution is -2.48. The smallest absolute Gasteiger partial charge is 0.244 e. The summed E-state index contributed by atoms with van der Waals surface area (Å²) in [6, 6.07) is 12.7. The van der Waals surface area contributed by atoms with Crippen LogP contribution in [-0.2, 0) is 14.8 Å². The normalized spacial score (nSPS) is 13.3. The lowest BCUT2D eigenvalue weighted by atomic mass is 10.1. The van der Waals surface area contributed by atoms with Crippen LogP contribution in [0.4, 0.5) is 5.69 Å². The highest BCUT2D eigenvalue weighted by molar-refractivity contribution is 7.92. The van der Waals surface area contributed by atoms with Crippen molar-refractivity contribution in [3.05, 3.63) is 54.1 Å². The molecule has 0 bridgehead atoms. The van der Waals surface area contributed by atoms with Crippen molar-refractivity contribution in [3.63, 3.8) is 0 Å². The number of nitrogens with zero attached hydrogens (tertiary/aromatic N) is 1. The van der Waals surface area contributed by atoms with Crippen molar-refractivity contribution < 1.29 is 22.7 Å². The van der Waals surface area contributed by atoms with Crippen LogP contribution in [0.1, 0.15) is 32.4 Å². The number of carbonyl (C=O) groups excluding carboxylic acids is 1. The van der Waals surface area contributed by atoms with E-state index >= 15 is 0 Å². The molecule has 0 saturated carbocycles. The first-order valence-corrected chi connectivity index (χ1v) is 11.2. The summed E-state index contributed by atoms with van der Waals surface area (Å²) in [5, 5.41) is 2.87. The topological polar surface area (TPSA) is 84.9 Å². The number of rotatable bonds is 9. The number of hydrogen-bond acceptors (Lipinski definition) is 5. The first-order valence-electron chi connectivity index (χ1n) is 9.34. The monoisotopic (exact) mass is 420 g/mol. The number of carbonyl (C=O) groups is 1. The highest BCUT2D eigenvalue weighted by Gasteiger charge is 2.30. The lowest BCUT2D eigenvalue weighted by molar-refractivity contribution is -0.122. The molecule has 29 heavy (non-hydrogen) atoms. The molecule has 0 radical (unpaired) electrons. The molecule has 8 heteroatoms. The lowest BCUT2D eigenvalue weighted by Gasteiger charge is -2.29. The minimum Gasteiger partial charge on any atom is -0.496 e. The molecule has 2 aromatic rings. The van der Waals surface area contributed by atoms with E-state index in [1.807, 2.05) is 38.1 Å². The number of sulfonamides is 1. The zero-order valence-electron chi connectivity index (χ0n) is 17.4. The highest BCUT2D eigenvalue weighted by atomic mass is 32.2. The molecule has 158 valence electrons. The van der Waals surface area contributed by atoms with Gasteiger partial charge >= 0.3 is 0 Å².